The number of pyridine rings is 2. The lowest BCUT2D eigenvalue weighted by atomic mass is 10.1. The molecule has 0 aliphatic carbocycles. The van der Waals surface area contributed by atoms with Gasteiger partial charge in [-0.05, 0) is 29.8 Å². The SMILES string of the molecule is O=c1c(C2=NS(O)(O)c3ccccc3N2)c(O)c2ncccc2n1Cc1ccccc1. The van der Waals surface area contributed by atoms with Crippen LogP contribution >= 0.6 is 10.8 Å². The molecule has 0 saturated carbocycles. The number of nitrogens with one attached hydrogen (secondary N) is 1. The Morgan fingerprint density at radius 3 is 2.52 bits per heavy atom. The molecule has 2 aromatic heterocycles. The number of aromatic hydroxyl groups is 1. The third-order valence-corrected chi connectivity index (χ3v) is 6.45. The van der Waals surface area contributed by atoms with Crippen molar-refractivity contribution in [1.29, 1.82) is 0 Å². The quantitative estimate of drug-likeness (QED) is 0.386. The number of para-hydroxylation sites is 1. The number of hydrogen-bond donors (Lipinski definition) is 4. The zero-order chi connectivity index (χ0) is 21.6. The van der Waals surface area contributed by atoms with Gasteiger partial charge >= 0.3 is 0 Å². The average molecular weight is 434 g/mol. The third kappa shape index (κ3) is 3.25. The molecule has 0 unspecified atom stereocenters. The van der Waals surface area contributed by atoms with Gasteiger partial charge in [-0.3, -0.25) is 18.9 Å². The van der Waals surface area contributed by atoms with E-state index in [-0.39, 0.29) is 34.1 Å². The predicted octanol–water partition coefficient (Wildman–Crippen LogP) is 4.05. The van der Waals surface area contributed by atoms with Crippen LogP contribution in [-0.4, -0.2) is 29.6 Å². The van der Waals surface area contributed by atoms with Crippen molar-refractivity contribution < 1.29 is 14.2 Å². The number of aromatic nitrogens is 2. The average Bonchev–Trinajstić information content (AvgIpc) is 2.77. The Morgan fingerprint density at radius 2 is 1.71 bits per heavy atom. The Kier molecular flexibility index (Phi) is 4.51. The molecule has 8 nitrogen and oxygen atoms in total. The second kappa shape index (κ2) is 7.24. The van der Waals surface area contributed by atoms with Crippen LogP contribution in [0.5, 0.6) is 5.75 Å². The maximum atomic E-state index is 13.5. The molecular formula is C22H18N4O4S. The normalized spacial score (nSPS) is 15.6. The van der Waals surface area contributed by atoms with Crippen LogP contribution in [0.2, 0.25) is 0 Å². The summed E-state index contributed by atoms with van der Waals surface area (Å²) in [7, 11) is -3.55. The van der Waals surface area contributed by atoms with E-state index in [0.717, 1.165) is 5.56 Å². The maximum absolute atomic E-state index is 13.5. The zero-order valence-electron chi connectivity index (χ0n) is 16.1. The van der Waals surface area contributed by atoms with Gasteiger partial charge in [-0.25, -0.2) is 0 Å². The molecule has 156 valence electrons. The third-order valence-electron chi connectivity index (χ3n) is 5.07. The van der Waals surface area contributed by atoms with Gasteiger partial charge in [-0.2, -0.15) is 0 Å². The monoisotopic (exact) mass is 434 g/mol. The summed E-state index contributed by atoms with van der Waals surface area (Å²) in [5.41, 5.74) is 1.27. The van der Waals surface area contributed by atoms with Gasteiger partial charge < -0.3 is 15.0 Å². The number of fused-ring (bicyclic) bond motifs is 2. The van der Waals surface area contributed by atoms with Gasteiger partial charge in [0, 0.05) is 6.20 Å². The van der Waals surface area contributed by atoms with Gasteiger partial charge in [0.25, 0.3) is 5.56 Å². The Hall–Kier alpha value is -3.66. The molecule has 5 rings (SSSR count). The highest BCUT2D eigenvalue weighted by molar-refractivity contribution is 8.23. The van der Waals surface area contributed by atoms with Crippen molar-refractivity contribution in [1.82, 2.24) is 9.55 Å². The second-order valence-corrected chi connectivity index (χ2v) is 8.71. The van der Waals surface area contributed by atoms with Crippen LogP contribution in [0.3, 0.4) is 0 Å². The summed E-state index contributed by atoms with van der Waals surface area (Å²) in [4.78, 5) is 18.0. The van der Waals surface area contributed by atoms with Gasteiger partial charge in [-0.1, -0.05) is 53.2 Å². The molecule has 9 heteroatoms. The molecule has 0 bridgehead atoms. The minimum atomic E-state index is -3.55. The van der Waals surface area contributed by atoms with Crippen LogP contribution in [0.1, 0.15) is 11.1 Å². The summed E-state index contributed by atoms with van der Waals surface area (Å²) in [5, 5.41) is 13.9. The lowest BCUT2D eigenvalue weighted by Gasteiger charge is -2.34. The number of rotatable bonds is 3. The molecular weight excluding hydrogens is 416 g/mol. The molecule has 0 spiro atoms. The van der Waals surface area contributed by atoms with Crippen molar-refractivity contribution in [3.63, 3.8) is 0 Å². The van der Waals surface area contributed by atoms with Crippen molar-refractivity contribution in [2.24, 2.45) is 4.40 Å². The van der Waals surface area contributed by atoms with Crippen molar-refractivity contribution in [2.45, 2.75) is 11.4 Å². The predicted molar refractivity (Wildman–Crippen MR) is 121 cm³/mol. The number of amidine groups is 1. The summed E-state index contributed by atoms with van der Waals surface area (Å²) in [5.74, 6) is -0.485. The topological polar surface area (TPSA) is 120 Å². The number of benzene rings is 2. The summed E-state index contributed by atoms with van der Waals surface area (Å²) < 4.78 is 26.6. The van der Waals surface area contributed by atoms with Crippen LogP contribution in [0.4, 0.5) is 5.69 Å². The molecule has 0 fully saturated rings. The minimum absolute atomic E-state index is 0.115. The molecule has 1 aliphatic rings. The standard InChI is InChI=1S/C22H18N4O4S/c27-20-18(21-24-15-9-4-5-11-17(15)31(29,30)25-21)22(28)26(13-14-7-2-1-3-8-14)16-10-6-12-23-19(16)20/h1-12,27,29-30H,13H2,(H,24,25). The smallest absolute Gasteiger partial charge is 0.266 e. The second-order valence-electron chi connectivity index (χ2n) is 7.05. The molecule has 0 atom stereocenters. The molecule has 4 aromatic rings. The fourth-order valence-electron chi connectivity index (χ4n) is 3.64. The van der Waals surface area contributed by atoms with Crippen LogP contribution in [-0.2, 0) is 6.54 Å². The molecule has 2 aromatic carbocycles. The van der Waals surface area contributed by atoms with E-state index in [9.17, 15) is 19.0 Å². The number of anilines is 1. The minimum Gasteiger partial charge on any atom is -0.505 e. The summed E-state index contributed by atoms with van der Waals surface area (Å²) in [6.07, 6.45) is 1.52. The van der Waals surface area contributed by atoms with Gasteiger partial charge in [0.1, 0.15) is 16.0 Å². The fraction of sp³-hybridized carbons (Fsp3) is 0.0455. The highest BCUT2D eigenvalue weighted by Crippen LogP contribution is 2.55. The first-order valence-corrected chi connectivity index (χ1v) is 10.9. The Morgan fingerprint density at radius 1 is 0.968 bits per heavy atom. The first-order valence-electron chi connectivity index (χ1n) is 9.45. The van der Waals surface area contributed by atoms with Crippen LogP contribution in [0, 0.1) is 0 Å². The highest BCUT2D eigenvalue weighted by Gasteiger charge is 2.30. The van der Waals surface area contributed by atoms with Crippen molar-refractivity contribution in [2.75, 3.05) is 5.32 Å². The van der Waals surface area contributed by atoms with Crippen molar-refractivity contribution in [3.8, 4) is 5.75 Å². The van der Waals surface area contributed by atoms with E-state index >= 15 is 0 Å². The number of hydrogen-bond acceptors (Lipinski definition) is 7. The van der Waals surface area contributed by atoms with E-state index < -0.39 is 16.3 Å². The first-order chi connectivity index (χ1) is 15.0. The Balaban J connectivity index is 1.75. The zero-order valence-corrected chi connectivity index (χ0v) is 17.0. The summed E-state index contributed by atoms with van der Waals surface area (Å²) in [6.45, 7) is 0.245. The fourth-order valence-corrected chi connectivity index (χ4v) is 4.81. The van der Waals surface area contributed by atoms with Crippen LogP contribution < -0.4 is 10.9 Å². The molecule has 3 heterocycles. The van der Waals surface area contributed by atoms with Crippen LogP contribution in [0.15, 0.2) is 87.0 Å². The van der Waals surface area contributed by atoms with Gasteiger partial charge in [0.05, 0.1) is 17.7 Å². The first kappa shape index (κ1) is 19.3. The van der Waals surface area contributed by atoms with E-state index in [1.54, 1.807) is 36.4 Å². The molecule has 0 saturated heterocycles. The number of nitrogens with zero attached hydrogens (tertiary/aromatic N) is 3. The van der Waals surface area contributed by atoms with Gasteiger partial charge in [0.15, 0.2) is 11.6 Å². The van der Waals surface area contributed by atoms with E-state index in [2.05, 4.69) is 14.7 Å². The van der Waals surface area contributed by atoms with E-state index in [1.165, 1.54) is 10.8 Å². The molecule has 31 heavy (non-hydrogen) atoms. The molecule has 0 amide bonds. The van der Waals surface area contributed by atoms with E-state index in [1.807, 2.05) is 30.3 Å². The Bertz CT molecular complexity index is 1400. The molecule has 4 N–H and O–H groups in total. The molecule has 1 aliphatic heterocycles. The Labute approximate surface area is 178 Å². The lowest BCUT2D eigenvalue weighted by molar-refractivity contribution is 0.476. The largest absolute Gasteiger partial charge is 0.505 e. The molecule has 0 radical (unpaired) electrons. The van der Waals surface area contributed by atoms with Crippen molar-refractivity contribution >= 4 is 33.3 Å². The van der Waals surface area contributed by atoms with Gasteiger partial charge in [-0.15, -0.1) is 4.40 Å². The summed E-state index contributed by atoms with van der Waals surface area (Å²) in [6, 6.07) is 19.4. The van der Waals surface area contributed by atoms with Gasteiger partial charge in [0.2, 0.25) is 0 Å². The van der Waals surface area contributed by atoms with E-state index in [0.29, 0.717) is 11.2 Å². The highest BCUT2D eigenvalue weighted by atomic mass is 32.3. The summed E-state index contributed by atoms with van der Waals surface area (Å²) >= 11 is 0. The lowest BCUT2D eigenvalue weighted by Crippen LogP contribution is -2.32. The maximum Gasteiger partial charge on any atom is 0.266 e. The van der Waals surface area contributed by atoms with E-state index in [4.69, 9.17) is 0 Å². The van der Waals surface area contributed by atoms with Crippen molar-refractivity contribution in [3.05, 3.63) is 94.4 Å². The van der Waals surface area contributed by atoms with Crippen LogP contribution in [0.25, 0.3) is 11.0 Å².